The first-order valence-electron chi connectivity index (χ1n) is 6.11. The Morgan fingerprint density at radius 2 is 2.28 bits per heavy atom. The van der Waals surface area contributed by atoms with Crippen molar-refractivity contribution in [2.75, 3.05) is 6.54 Å². The summed E-state index contributed by atoms with van der Waals surface area (Å²) in [5.74, 6) is 2.29. The molecular formula is C14H18N2O2. The minimum Gasteiger partial charge on any atom is -0.484 e. The van der Waals surface area contributed by atoms with Crippen LogP contribution in [0.5, 0.6) is 5.75 Å². The molecule has 2 N–H and O–H groups in total. The van der Waals surface area contributed by atoms with Crippen molar-refractivity contribution < 1.29 is 9.15 Å². The van der Waals surface area contributed by atoms with Crippen molar-refractivity contribution in [1.82, 2.24) is 4.98 Å². The zero-order valence-corrected chi connectivity index (χ0v) is 10.6. The highest BCUT2D eigenvalue weighted by Crippen LogP contribution is 2.14. The molecule has 0 aliphatic heterocycles. The maximum atomic E-state index is 5.61. The van der Waals surface area contributed by atoms with Crippen LogP contribution in [-0.2, 0) is 13.0 Å². The van der Waals surface area contributed by atoms with E-state index in [-0.39, 0.29) is 0 Å². The van der Waals surface area contributed by atoms with E-state index in [0.29, 0.717) is 19.0 Å². The highest BCUT2D eigenvalue weighted by molar-refractivity contribution is 5.27. The molecule has 0 fully saturated rings. The molecule has 0 saturated carbocycles. The summed E-state index contributed by atoms with van der Waals surface area (Å²) in [6.45, 7) is 3.05. The lowest BCUT2D eigenvalue weighted by atomic mass is 10.2. The fourth-order valence-electron chi connectivity index (χ4n) is 1.66. The Morgan fingerprint density at radius 3 is 3.06 bits per heavy atom. The topological polar surface area (TPSA) is 61.3 Å². The molecule has 0 aliphatic carbocycles. The monoisotopic (exact) mass is 246 g/mol. The molecule has 0 atom stereocenters. The van der Waals surface area contributed by atoms with Gasteiger partial charge in [-0.2, -0.15) is 0 Å². The Balaban J connectivity index is 1.88. The van der Waals surface area contributed by atoms with Crippen LogP contribution in [0.2, 0.25) is 0 Å². The maximum absolute atomic E-state index is 5.61. The van der Waals surface area contributed by atoms with Gasteiger partial charge in [-0.1, -0.05) is 12.1 Å². The number of aryl methyl sites for hydroxylation is 2. The first-order chi connectivity index (χ1) is 8.78. The quantitative estimate of drug-likeness (QED) is 0.850. The van der Waals surface area contributed by atoms with Crippen LogP contribution < -0.4 is 10.5 Å². The summed E-state index contributed by atoms with van der Waals surface area (Å²) in [7, 11) is 0. The van der Waals surface area contributed by atoms with Gasteiger partial charge < -0.3 is 14.9 Å². The summed E-state index contributed by atoms with van der Waals surface area (Å²) < 4.78 is 11.2. The van der Waals surface area contributed by atoms with Crippen LogP contribution in [0.25, 0.3) is 0 Å². The molecule has 1 aromatic heterocycles. The second-order valence-electron chi connectivity index (χ2n) is 4.22. The van der Waals surface area contributed by atoms with Crippen molar-refractivity contribution in [3.8, 4) is 5.75 Å². The lowest BCUT2D eigenvalue weighted by Crippen LogP contribution is -1.99. The van der Waals surface area contributed by atoms with Gasteiger partial charge in [0.1, 0.15) is 11.5 Å². The van der Waals surface area contributed by atoms with Gasteiger partial charge in [-0.3, -0.25) is 0 Å². The summed E-state index contributed by atoms with van der Waals surface area (Å²) >= 11 is 0. The van der Waals surface area contributed by atoms with Crippen molar-refractivity contribution in [2.24, 2.45) is 5.73 Å². The second-order valence-corrected chi connectivity index (χ2v) is 4.22. The molecule has 0 saturated heterocycles. The van der Waals surface area contributed by atoms with Crippen LogP contribution in [0.1, 0.15) is 23.6 Å². The van der Waals surface area contributed by atoms with E-state index >= 15 is 0 Å². The number of ether oxygens (including phenoxy) is 1. The number of benzene rings is 1. The first kappa shape index (κ1) is 12.6. The van der Waals surface area contributed by atoms with Crippen LogP contribution in [0.3, 0.4) is 0 Å². The molecular weight excluding hydrogens is 228 g/mol. The third-order valence-corrected chi connectivity index (χ3v) is 2.58. The zero-order valence-electron chi connectivity index (χ0n) is 10.6. The van der Waals surface area contributed by atoms with E-state index in [1.165, 1.54) is 5.56 Å². The number of hydrogen-bond acceptors (Lipinski definition) is 4. The SMILES string of the molecule is Cc1cccc(OCc2ncc(CCCN)o2)c1. The summed E-state index contributed by atoms with van der Waals surface area (Å²) in [5.41, 5.74) is 6.62. The molecule has 0 spiro atoms. The number of oxazole rings is 1. The standard InChI is InChI=1S/C14H18N2O2/c1-11-4-2-5-12(8-11)17-10-14-16-9-13(18-14)6-3-7-15/h2,4-5,8-9H,3,6-7,10,15H2,1H3. The van der Waals surface area contributed by atoms with Gasteiger partial charge in [0.05, 0.1) is 6.20 Å². The van der Waals surface area contributed by atoms with E-state index in [1.54, 1.807) is 6.20 Å². The minimum atomic E-state index is 0.353. The van der Waals surface area contributed by atoms with Gasteiger partial charge in [-0.25, -0.2) is 4.98 Å². The molecule has 4 nitrogen and oxygen atoms in total. The van der Waals surface area contributed by atoms with Crippen LogP contribution in [0, 0.1) is 6.92 Å². The summed E-state index contributed by atoms with van der Waals surface area (Å²) in [6.07, 6.45) is 3.48. The molecule has 1 aromatic carbocycles. The van der Waals surface area contributed by atoms with Gasteiger partial charge in [0, 0.05) is 6.42 Å². The Kier molecular flexibility index (Phi) is 4.36. The predicted octanol–water partition coefficient (Wildman–Crippen LogP) is 2.45. The Labute approximate surface area is 107 Å². The normalized spacial score (nSPS) is 10.6. The fourth-order valence-corrected chi connectivity index (χ4v) is 1.66. The molecule has 2 rings (SSSR count). The molecule has 18 heavy (non-hydrogen) atoms. The smallest absolute Gasteiger partial charge is 0.232 e. The van der Waals surface area contributed by atoms with E-state index in [9.17, 15) is 0 Å². The zero-order chi connectivity index (χ0) is 12.8. The van der Waals surface area contributed by atoms with Crippen molar-refractivity contribution in [1.29, 1.82) is 0 Å². The second kappa shape index (κ2) is 6.21. The fraction of sp³-hybridized carbons (Fsp3) is 0.357. The predicted molar refractivity (Wildman–Crippen MR) is 69.4 cm³/mol. The number of nitrogens with two attached hydrogens (primary N) is 1. The van der Waals surface area contributed by atoms with Crippen LogP contribution >= 0.6 is 0 Å². The van der Waals surface area contributed by atoms with E-state index in [4.69, 9.17) is 14.9 Å². The van der Waals surface area contributed by atoms with Crippen molar-refractivity contribution in [2.45, 2.75) is 26.4 Å². The summed E-state index contributed by atoms with van der Waals surface area (Å²) in [6, 6.07) is 7.90. The molecule has 96 valence electrons. The number of rotatable bonds is 6. The molecule has 0 unspecified atom stereocenters. The minimum absolute atomic E-state index is 0.353. The summed E-state index contributed by atoms with van der Waals surface area (Å²) in [4.78, 5) is 4.17. The third kappa shape index (κ3) is 3.60. The van der Waals surface area contributed by atoms with Crippen molar-refractivity contribution >= 4 is 0 Å². The Hall–Kier alpha value is -1.81. The van der Waals surface area contributed by atoms with Crippen LogP contribution in [0.4, 0.5) is 0 Å². The van der Waals surface area contributed by atoms with E-state index in [0.717, 1.165) is 24.4 Å². The van der Waals surface area contributed by atoms with Gasteiger partial charge in [0.25, 0.3) is 0 Å². The highest BCUT2D eigenvalue weighted by atomic mass is 16.5. The Morgan fingerprint density at radius 1 is 1.39 bits per heavy atom. The molecule has 0 aliphatic rings. The van der Waals surface area contributed by atoms with Crippen molar-refractivity contribution in [3.63, 3.8) is 0 Å². The van der Waals surface area contributed by atoms with Gasteiger partial charge in [-0.15, -0.1) is 0 Å². The van der Waals surface area contributed by atoms with E-state index < -0.39 is 0 Å². The van der Waals surface area contributed by atoms with Crippen molar-refractivity contribution in [3.05, 3.63) is 47.7 Å². The van der Waals surface area contributed by atoms with E-state index in [1.807, 2.05) is 31.2 Å². The Bertz CT molecular complexity index is 494. The van der Waals surface area contributed by atoms with Gasteiger partial charge in [0.15, 0.2) is 6.61 Å². The molecule has 0 amide bonds. The first-order valence-corrected chi connectivity index (χ1v) is 6.11. The molecule has 2 aromatic rings. The lowest BCUT2D eigenvalue weighted by molar-refractivity contribution is 0.258. The number of nitrogens with zero attached hydrogens (tertiary/aromatic N) is 1. The number of aromatic nitrogens is 1. The molecule has 0 bridgehead atoms. The van der Waals surface area contributed by atoms with E-state index in [2.05, 4.69) is 4.98 Å². The van der Waals surface area contributed by atoms with Crippen LogP contribution in [0.15, 0.2) is 34.9 Å². The van der Waals surface area contributed by atoms with Crippen LogP contribution in [-0.4, -0.2) is 11.5 Å². The van der Waals surface area contributed by atoms with Gasteiger partial charge in [0.2, 0.25) is 5.89 Å². The maximum Gasteiger partial charge on any atom is 0.232 e. The largest absolute Gasteiger partial charge is 0.484 e. The number of hydrogen-bond donors (Lipinski definition) is 1. The average Bonchev–Trinajstić information content (AvgIpc) is 2.82. The van der Waals surface area contributed by atoms with Gasteiger partial charge in [-0.05, 0) is 37.6 Å². The molecule has 4 heteroatoms. The average molecular weight is 246 g/mol. The highest BCUT2D eigenvalue weighted by Gasteiger charge is 2.04. The third-order valence-electron chi connectivity index (χ3n) is 2.58. The summed E-state index contributed by atoms with van der Waals surface area (Å²) in [5, 5.41) is 0. The van der Waals surface area contributed by atoms with Gasteiger partial charge >= 0.3 is 0 Å². The lowest BCUT2D eigenvalue weighted by Gasteiger charge is -2.03. The molecule has 0 radical (unpaired) electrons. The molecule has 1 heterocycles.